The topological polar surface area (TPSA) is 60.2 Å². The normalized spacial score (nSPS) is 10.3. The Morgan fingerprint density at radius 2 is 2.11 bits per heavy atom. The minimum atomic E-state index is 0.451. The fourth-order valence-electron chi connectivity index (χ4n) is 1.80. The summed E-state index contributed by atoms with van der Waals surface area (Å²) >= 11 is 0. The van der Waals surface area contributed by atoms with Crippen LogP contribution in [0.15, 0.2) is 36.5 Å². The summed E-state index contributed by atoms with van der Waals surface area (Å²) in [6.45, 7) is 5.06. The third-order valence-electron chi connectivity index (χ3n) is 2.76. The second kappa shape index (κ2) is 6.20. The fraction of sp³-hybridized carbons (Fsp3) is 0.267. The Balaban J connectivity index is 2.18. The maximum Gasteiger partial charge on any atom is 0.130 e. The molecule has 0 saturated heterocycles. The van der Waals surface area contributed by atoms with Crippen LogP contribution in [-0.2, 0) is 6.54 Å². The van der Waals surface area contributed by atoms with Crippen LogP contribution in [0.5, 0.6) is 5.75 Å². The average molecular weight is 257 g/mol. The number of ether oxygens (including phenoxy) is 1. The first-order valence-corrected chi connectivity index (χ1v) is 6.38. The van der Waals surface area contributed by atoms with E-state index in [9.17, 15) is 0 Å². The third-order valence-corrected chi connectivity index (χ3v) is 2.76. The first-order valence-electron chi connectivity index (χ1n) is 6.38. The van der Waals surface area contributed by atoms with E-state index in [4.69, 9.17) is 10.5 Å². The Hall–Kier alpha value is -2.07. The molecule has 0 unspecified atom stereocenters. The van der Waals surface area contributed by atoms with E-state index in [2.05, 4.69) is 10.3 Å². The van der Waals surface area contributed by atoms with Crippen LogP contribution < -0.4 is 15.8 Å². The van der Waals surface area contributed by atoms with Crippen molar-refractivity contribution in [1.29, 1.82) is 0 Å². The van der Waals surface area contributed by atoms with Crippen molar-refractivity contribution in [2.45, 2.75) is 20.4 Å². The van der Waals surface area contributed by atoms with Crippen molar-refractivity contribution in [3.8, 4) is 5.75 Å². The minimum Gasteiger partial charge on any atom is -0.494 e. The molecule has 0 radical (unpaired) electrons. The van der Waals surface area contributed by atoms with Crippen molar-refractivity contribution >= 4 is 11.5 Å². The van der Waals surface area contributed by atoms with Crippen molar-refractivity contribution in [3.63, 3.8) is 0 Å². The predicted molar refractivity (Wildman–Crippen MR) is 77.8 cm³/mol. The number of aromatic nitrogens is 1. The van der Waals surface area contributed by atoms with E-state index < -0.39 is 0 Å². The second-order valence-corrected chi connectivity index (χ2v) is 4.31. The summed E-state index contributed by atoms with van der Waals surface area (Å²) in [5.74, 6) is 1.66. The molecule has 19 heavy (non-hydrogen) atoms. The Bertz CT molecular complexity index is 538. The molecule has 1 heterocycles. The van der Waals surface area contributed by atoms with Gasteiger partial charge in [0.1, 0.15) is 11.6 Å². The predicted octanol–water partition coefficient (Wildman–Crippen LogP) is 2.99. The smallest absolute Gasteiger partial charge is 0.130 e. The van der Waals surface area contributed by atoms with Gasteiger partial charge in [-0.15, -0.1) is 0 Å². The van der Waals surface area contributed by atoms with Crippen LogP contribution in [0.25, 0.3) is 0 Å². The monoisotopic (exact) mass is 257 g/mol. The minimum absolute atomic E-state index is 0.451. The number of hydrogen-bond donors (Lipinski definition) is 2. The molecular weight excluding hydrogens is 238 g/mol. The third kappa shape index (κ3) is 3.45. The summed E-state index contributed by atoms with van der Waals surface area (Å²) < 4.78 is 5.53. The lowest BCUT2D eigenvalue weighted by molar-refractivity contribution is 0.336. The van der Waals surface area contributed by atoms with E-state index in [1.54, 1.807) is 0 Å². The molecule has 100 valence electrons. The molecule has 0 amide bonds. The van der Waals surface area contributed by atoms with Gasteiger partial charge in [-0.25, -0.2) is 4.98 Å². The van der Waals surface area contributed by atoms with Crippen LogP contribution in [-0.4, -0.2) is 11.6 Å². The summed E-state index contributed by atoms with van der Waals surface area (Å²) in [6, 6.07) is 9.86. The van der Waals surface area contributed by atoms with E-state index in [-0.39, 0.29) is 0 Å². The van der Waals surface area contributed by atoms with Crippen LogP contribution in [0.2, 0.25) is 0 Å². The van der Waals surface area contributed by atoms with Gasteiger partial charge in [0.05, 0.1) is 6.61 Å². The molecule has 0 aliphatic carbocycles. The number of pyridine rings is 1. The van der Waals surface area contributed by atoms with Gasteiger partial charge in [0.2, 0.25) is 0 Å². The zero-order chi connectivity index (χ0) is 13.7. The molecule has 1 aromatic carbocycles. The molecule has 0 fully saturated rings. The Morgan fingerprint density at radius 3 is 2.74 bits per heavy atom. The molecule has 0 saturated carbocycles. The van der Waals surface area contributed by atoms with Crippen LogP contribution >= 0.6 is 0 Å². The highest BCUT2D eigenvalue weighted by Gasteiger charge is 2.04. The molecule has 2 rings (SSSR count). The standard InChI is InChI=1S/C15H19N3O/c1-3-19-14-6-5-13(8-12(14)9-16)18-15-7-4-11(2)10-17-15/h4-8,10H,3,9,16H2,1-2H3,(H,17,18). The molecular formula is C15H19N3O. The zero-order valence-electron chi connectivity index (χ0n) is 11.3. The van der Waals surface area contributed by atoms with E-state index in [1.807, 2.05) is 50.4 Å². The lowest BCUT2D eigenvalue weighted by Gasteiger charge is -2.12. The van der Waals surface area contributed by atoms with Crippen molar-refractivity contribution in [1.82, 2.24) is 4.98 Å². The maximum absolute atomic E-state index is 5.74. The number of nitrogens with two attached hydrogens (primary N) is 1. The summed E-state index contributed by atoms with van der Waals surface area (Å²) in [5.41, 5.74) is 8.82. The van der Waals surface area contributed by atoms with Crippen LogP contribution in [0.4, 0.5) is 11.5 Å². The molecule has 0 aliphatic heterocycles. The first kappa shape index (κ1) is 13.4. The molecule has 1 aromatic heterocycles. The largest absolute Gasteiger partial charge is 0.494 e. The Labute approximate surface area is 113 Å². The molecule has 0 atom stereocenters. The van der Waals surface area contributed by atoms with Gasteiger partial charge >= 0.3 is 0 Å². The lowest BCUT2D eigenvalue weighted by atomic mass is 10.1. The second-order valence-electron chi connectivity index (χ2n) is 4.31. The summed E-state index contributed by atoms with van der Waals surface area (Å²) in [6.07, 6.45) is 1.83. The van der Waals surface area contributed by atoms with E-state index in [1.165, 1.54) is 0 Å². The molecule has 4 heteroatoms. The van der Waals surface area contributed by atoms with Crippen molar-refractivity contribution in [3.05, 3.63) is 47.7 Å². The summed E-state index contributed by atoms with van der Waals surface area (Å²) in [4.78, 5) is 4.31. The van der Waals surface area contributed by atoms with Gasteiger partial charge in [0.25, 0.3) is 0 Å². The number of nitrogens with zero attached hydrogens (tertiary/aromatic N) is 1. The molecule has 0 spiro atoms. The van der Waals surface area contributed by atoms with Gasteiger partial charge in [0.15, 0.2) is 0 Å². The summed E-state index contributed by atoms with van der Waals surface area (Å²) in [5, 5.41) is 3.25. The molecule has 0 aliphatic rings. The highest BCUT2D eigenvalue weighted by molar-refractivity contribution is 5.59. The molecule has 2 aromatic rings. The van der Waals surface area contributed by atoms with Crippen molar-refractivity contribution in [2.24, 2.45) is 5.73 Å². The number of nitrogens with one attached hydrogen (secondary N) is 1. The first-order chi connectivity index (χ1) is 9.22. The highest BCUT2D eigenvalue weighted by atomic mass is 16.5. The van der Waals surface area contributed by atoms with Gasteiger partial charge in [-0.2, -0.15) is 0 Å². The number of aryl methyl sites for hydroxylation is 1. The number of rotatable bonds is 5. The molecule has 0 bridgehead atoms. The van der Waals surface area contributed by atoms with Crippen molar-refractivity contribution in [2.75, 3.05) is 11.9 Å². The Kier molecular flexibility index (Phi) is 4.36. The number of anilines is 2. The van der Waals surface area contributed by atoms with Crippen LogP contribution in [0.1, 0.15) is 18.1 Å². The van der Waals surface area contributed by atoms with E-state index in [0.717, 1.165) is 28.4 Å². The summed E-state index contributed by atoms with van der Waals surface area (Å²) in [7, 11) is 0. The lowest BCUT2D eigenvalue weighted by Crippen LogP contribution is -2.03. The molecule has 3 N–H and O–H groups in total. The number of hydrogen-bond acceptors (Lipinski definition) is 4. The number of benzene rings is 1. The van der Waals surface area contributed by atoms with Crippen LogP contribution in [0.3, 0.4) is 0 Å². The Morgan fingerprint density at radius 1 is 1.26 bits per heavy atom. The van der Waals surface area contributed by atoms with Gasteiger partial charge in [-0.3, -0.25) is 0 Å². The quantitative estimate of drug-likeness (QED) is 0.864. The van der Waals surface area contributed by atoms with Gasteiger partial charge in [0, 0.05) is 24.0 Å². The fourth-order valence-corrected chi connectivity index (χ4v) is 1.80. The maximum atomic E-state index is 5.74. The van der Waals surface area contributed by atoms with Gasteiger partial charge in [-0.05, 0) is 43.7 Å². The highest BCUT2D eigenvalue weighted by Crippen LogP contribution is 2.24. The van der Waals surface area contributed by atoms with Crippen LogP contribution in [0, 0.1) is 6.92 Å². The SMILES string of the molecule is CCOc1ccc(Nc2ccc(C)cn2)cc1CN. The average Bonchev–Trinajstić information content (AvgIpc) is 2.43. The van der Waals surface area contributed by atoms with E-state index in [0.29, 0.717) is 13.2 Å². The molecule has 4 nitrogen and oxygen atoms in total. The van der Waals surface area contributed by atoms with Gasteiger partial charge < -0.3 is 15.8 Å². The van der Waals surface area contributed by atoms with Gasteiger partial charge in [-0.1, -0.05) is 6.07 Å². The van der Waals surface area contributed by atoms with E-state index >= 15 is 0 Å². The zero-order valence-corrected chi connectivity index (χ0v) is 11.3. The van der Waals surface area contributed by atoms with Crippen molar-refractivity contribution < 1.29 is 4.74 Å².